The second-order valence-electron chi connectivity index (χ2n) is 3.54. The van der Waals surface area contributed by atoms with Crippen molar-refractivity contribution in [1.82, 2.24) is 0 Å². The summed E-state index contributed by atoms with van der Waals surface area (Å²) in [5.74, 6) is 1.46. The van der Waals surface area contributed by atoms with Crippen molar-refractivity contribution in [3.8, 4) is 17.2 Å². The minimum atomic E-state index is -0.488. The molecule has 0 N–H and O–H groups in total. The van der Waals surface area contributed by atoms with Crippen LogP contribution in [0.3, 0.4) is 0 Å². The van der Waals surface area contributed by atoms with Crippen molar-refractivity contribution < 1.29 is 18.6 Å². The van der Waals surface area contributed by atoms with Gasteiger partial charge in [0.15, 0.2) is 11.3 Å². The predicted octanol–water partition coefficient (Wildman–Crippen LogP) is 2.21. The van der Waals surface area contributed by atoms with Gasteiger partial charge in [0.1, 0.15) is 16.9 Å². The van der Waals surface area contributed by atoms with Crippen LogP contribution in [0, 0.1) is 0 Å². The van der Waals surface area contributed by atoms with Crippen LogP contribution in [0.4, 0.5) is 0 Å². The van der Waals surface area contributed by atoms with Crippen molar-refractivity contribution >= 4 is 11.0 Å². The maximum absolute atomic E-state index is 11.5. The van der Waals surface area contributed by atoms with Crippen LogP contribution in [0.25, 0.3) is 11.0 Å². The lowest BCUT2D eigenvalue weighted by molar-refractivity contribution is 0.337. The molecule has 0 aliphatic rings. The Labute approximate surface area is 104 Å². The molecule has 5 nitrogen and oxygen atoms in total. The number of rotatable bonds is 4. The van der Waals surface area contributed by atoms with Crippen molar-refractivity contribution in [2.45, 2.75) is 6.92 Å². The second kappa shape index (κ2) is 5.00. The molecular formula is C13H14O5. The van der Waals surface area contributed by atoms with Gasteiger partial charge in [0.25, 0.3) is 0 Å². The minimum Gasteiger partial charge on any atom is -0.496 e. The van der Waals surface area contributed by atoms with Gasteiger partial charge in [-0.2, -0.15) is 0 Å². The number of methoxy groups -OCH3 is 2. The summed E-state index contributed by atoms with van der Waals surface area (Å²) in [5.41, 5.74) is -0.162. The van der Waals surface area contributed by atoms with Crippen LogP contribution in [0.2, 0.25) is 0 Å². The lowest BCUT2D eigenvalue weighted by atomic mass is 10.2. The number of fused-ring (bicyclic) bond motifs is 1. The maximum Gasteiger partial charge on any atom is 0.340 e. The third kappa shape index (κ3) is 1.99. The molecule has 0 atom stereocenters. The van der Waals surface area contributed by atoms with Crippen LogP contribution in [-0.2, 0) is 0 Å². The van der Waals surface area contributed by atoms with Crippen LogP contribution >= 0.6 is 0 Å². The lowest BCUT2D eigenvalue weighted by Crippen LogP contribution is -2.03. The molecule has 2 rings (SSSR count). The summed E-state index contributed by atoms with van der Waals surface area (Å²) in [4.78, 5) is 11.5. The summed E-state index contributed by atoms with van der Waals surface area (Å²) in [6.45, 7) is 2.28. The van der Waals surface area contributed by atoms with Gasteiger partial charge in [-0.1, -0.05) is 0 Å². The molecule has 0 amide bonds. The van der Waals surface area contributed by atoms with Gasteiger partial charge < -0.3 is 18.6 Å². The molecule has 0 saturated carbocycles. The third-order valence-corrected chi connectivity index (χ3v) is 2.52. The molecule has 0 aliphatic carbocycles. The molecule has 1 aromatic carbocycles. The standard InChI is InChI=1S/C13H14O5/c1-4-17-10-7-11(14)18-13-9(16-3)6-5-8(15-2)12(10)13/h5-7H,4H2,1-3H3. The van der Waals surface area contributed by atoms with Crippen molar-refractivity contribution in [2.75, 3.05) is 20.8 Å². The zero-order valence-electron chi connectivity index (χ0n) is 10.5. The average molecular weight is 250 g/mol. The van der Waals surface area contributed by atoms with Gasteiger partial charge in [0, 0.05) is 0 Å². The molecule has 18 heavy (non-hydrogen) atoms. The van der Waals surface area contributed by atoms with Crippen molar-refractivity contribution in [2.24, 2.45) is 0 Å². The van der Waals surface area contributed by atoms with Gasteiger partial charge in [-0.15, -0.1) is 0 Å². The van der Waals surface area contributed by atoms with Gasteiger partial charge in [0.2, 0.25) is 0 Å². The summed E-state index contributed by atoms with van der Waals surface area (Å²) >= 11 is 0. The largest absolute Gasteiger partial charge is 0.496 e. The molecular weight excluding hydrogens is 236 g/mol. The summed E-state index contributed by atoms with van der Waals surface area (Å²) in [5, 5.41) is 0.596. The zero-order valence-corrected chi connectivity index (χ0v) is 10.5. The van der Waals surface area contributed by atoms with E-state index in [1.54, 1.807) is 19.2 Å². The Kier molecular flexibility index (Phi) is 3.41. The molecule has 0 aliphatic heterocycles. The first-order chi connectivity index (χ1) is 8.71. The average Bonchev–Trinajstić information content (AvgIpc) is 2.37. The van der Waals surface area contributed by atoms with E-state index in [2.05, 4.69) is 0 Å². The van der Waals surface area contributed by atoms with Crippen LogP contribution in [0.5, 0.6) is 17.2 Å². The Morgan fingerprint density at radius 2 is 1.78 bits per heavy atom. The number of benzene rings is 1. The molecule has 0 unspecified atom stereocenters. The third-order valence-electron chi connectivity index (χ3n) is 2.52. The van der Waals surface area contributed by atoms with E-state index >= 15 is 0 Å². The van der Waals surface area contributed by atoms with Gasteiger partial charge >= 0.3 is 5.63 Å². The van der Waals surface area contributed by atoms with E-state index in [0.717, 1.165) is 0 Å². The molecule has 0 saturated heterocycles. The molecule has 2 aromatic rings. The van der Waals surface area contributed by atoms with Crippen LogP contribution in [0.15, 0.2) is 27.4 Å². The Balaban J connectivity index is 2.86. The highest BCUT2D eigenvalue weighted by atomic mass is 16.5. The minimum absolute atomic E-state index is 0.327. The Morgan fingerprint density at radius 1 is 1.11 bits per heavy atom. The Bertz CT molecular complexity index is 615. The summed E-state index contributed by atoms with van der Waals surface area (Å²) in [6.07, 6.45) is 0. The first-order valence-electron chi connectivity index (χ1n) is 5.53. The SMILES string of the molecule is CCOc1cc(=O)oc2c(OC)ccc(OC)c12. The lowest BCUT2D eigenvalue weighted by Gasteiger charge is -2.11. The number of ether oxygens (including phenoxy) is 3. The molecule has 0 spiro atoms. The van der Waals surface area contributed by atoms with Crippen molar-refractivity contribution in [3.63, 3.8) is 0 Å². The van der Waals surface area contributed by atoms with Gasteiger partial charge in [-0.3, -0.25) is 0 Å². The first-order valence-corrected chi connectivity index (χ1v) is 5.53. The van der Waals surface area contributed by atoms with Crippen LogP contribution < -0.4 is 19.8 Å². The summed E-state index contributed by atoms with van der Waals surface area (Å²) in [7, 11) is 3.05. The second-order valence-corrected chi connectivity index (χ2v) is 3.54. The van der Waals surface area contributed by atoms with Gasteiger partial charge in [-0.25, -0.2) is 4.79 Å². The summed E-state index contributed by atoms with van der Waals surface area (Å²) < 4.78 is 21.0. The normalized spacial score (nSPS) is 10.4. The number of hydrogen-bond acceptors (Lipinski definition) is 5. The fourth-order valence-corrected chi connectivity index (χ4v) is 1.79. The van der Waals surface area contributed by atoms with E-state index in [1.165, 1.54) is 13.2 Å². The van der Waals surface area contributed by atoms with E-state index < -0.39 is 5.63 Å². The molecule has 0 fully saturated rings. The molecule has 1 aromatic heterocycles. The van der Waals surface area contributed by atoms with Crippen molar-refractivity contribution in [1.29, 1.82) is 0 Å². The van der Waals surface area contributed by atoms with Gasteiger partial charge in [0.05, 0.1) is 26.9 Å². The topological polar surface area (TPSA) is 57.9 Å². The van der Waals surface area contributed by atoms with Gasteiger partial charge in [-0.05, 0) is 19.1 Å². The zero-order chi connectivity index (χ0) is 13.1. The highest BCUT2D eigenvalue weighted by Crippen LogP contribution is 2.37. The maximum atomic E-state index is 11.5. The molecule has 96 valence electrons. The summed E-state index contributed by atoms with van der Waals surface area (Å²) in [6, 6.07) is 4.72. The smallest absolute Gasteiger partial charge is 0.340 e. The van der Waals surface area contributed by atoms with E-state index in [4.69, 9.17) is 18.6 Å². The van der Waals surface area contributed by atoms with Crippen LogP contribution in [-0.4, -0.2) is 20.8 Å². The van der Waals surface area contributed by atoms with Crippen molar-refractivity contribution in [3.05, 3.63) is 28.6 Å². The number of hydrogen-bond donors (Lipinski definition) is 0. The van der Waals surface area contributed by atoms with E-state index in [0.29, 0.717) is 34.8 Å². The highest BCUT2D eigenvalue weighted by molar-refractivity contribution is 5.93. The van der Waals surface area contributed by atoms with E-state index in [1.807, 2.05) is 6.92 Å². The predicted molar refractivity (Wildman–Crippen MR) is 66.8 cm³/mol. The molecule has 0 radical (unpaired) electrons. The monoisotopic (exact) mass is 250 g/mol. The Hall–Kier alpha value is -2.17. The fourth-order valence-electron chi connectivity index (χ4n) is 1.79. The first kappa shape index (κ1) is 12.3. The van der Waals surface area contributed by atoms with Crippen LogP contribution in [0.1, 0.15) is 6.92 Å². The van der Waals surface area contributed by atoms with E-state index in [-0.39, 0.29) is 0 Å². The molecule has 5 heteroatoms. The highest BCUT2D eigenvalue weighted by Gasteiger charge is 2.16. The Morgan fingerprint density at radius 3 is 2.39 bits per heavy atom. The van der Waals surface area contributed by atoms with E-state index in [9.17, 15) is 4.79 Å². The molecule has 1 heterocycles. The quantitative estimate of drug-likeness (QED) is 0.778. The fraction of sp³-hybridized carbons (Fsp3) is 0.308. The molecule has 0 bridgehead atoms.